The van der Waals surface area contributed by atoms with Crippen LogP contribution in [0.1, 0.15) is 61.8 Å². The quantitative estimate of drug-likeness (QED) is 0.235. The van der Waals surface area contributed by atoms with Gasteiger partial charge >= 0.3 is 11.9 Å². The summed E-state index contributed by atoms with van der Waals surface area (Å²) in [6.45, 7) is 11.2. The number of carbonyl (C=O) groups excluding carboxylic acids is 2. The molecule has 0 heterocycles. The van der Waals surface area contributed by atoms with Crippen molar-refractivity contribution in [1.82, 2.24) is 0 Å². The molecule has 2 aromatic rings. The van der Waals surface area contributed by atoms with E-state index in [1.54, 1.807) is 0 Å². The molecule has 0 N–H and O–H groups in total. The molecule has 2 aromatic carbocycles. The summed E-state index contributed by atoms with van der Waals surface area (Å²) in [4.78, 5) is 23.2. The number of esters is 2. The zero-order chi connectivity index (χ0) is 22.6. The molecule has 0 unspecified atom stereocenters. The van der Waals surface area contributed by atoms with Crippen LogP contribution in [-0.2, 0) is 28.9 Å². The molecule has 164 valence electrons. The summed E-state index contributed by atoms with van der Waals surface area (Å²) in [5.41, 5.74) is 4.78. The summed E-state index contributed by atoms with van der Waals surface area (Å²) >= 11 is 0. The monoisotopic (exact) mass is 420 g/mol. The normalized spacial score (nSPS) is 10.4. The highest BCUT2D eigenvalue weighted by Gasteiger charge is 2.12. The Hall–Kier alpha value is -3.14. The van der Waals surface area contributed by atoms with Crippen LogP contribution in [0.5, 0.6) is 11.5 Å². The standard InChI is InChI=1S/C27H32O4/c1-5-9-11-20-18-24(30-26(28)7-3)15-13-22(20)17-23-14-16-25(31-27(29)8-4)19-21(23)12-10-6-2/h7-8,13-16,18-19H,3-6,9-12,17H2,1-2H3. The van der Waals surface area contributed by atoms with Gasteiger partial charge in [0.25, 0.3) is 0 Å². The lowest BCUT2D eigenvalue weighted by molar-refractivity contribution is -0.129. The molecule has 4 heteroatoms. The van der Waals surface area contributed by atoms with Crippen molar-refractivity contribution in [3.8, 4) is 11.5 Å². The highest BCUT2D eigenvalue weighted by atomic mass is 16.5. The van der Waals surface area contributed by atoms with Crippen LogP contribution in [0.15, 0.2) is 61.7 Å². The summed E-state index contributed by atoms with van der Waals surface area (Å²) in [7, 11) is 0. The number of aryl methyl sites for hydroxylation is 2. The van der Waals surface area contributed by atoms with Gasteiger partial charge in [-0.3, -0.25) is 0 Å². The van der Waals surface area contributed by atoms with Gasteiger partial charge < -0.3 is 9.47 Å². The van der Waals surface area contributed by atoms with E-state index in [1.165, 1.54) is 34.4 Å². The third-order valence-electron chi connectivity index (χ3n) is 5.11. The molecule has 0 aliphatic heterocycles. The van der Waals surface area contributed by atoms with E-state index in [2.05, 4.69) is 27.0 Å². The maximum atomic E-state index is 11.6. The first-order valence-corrected chi connectivity index (χ1v) is 10.9. The van der Waals surface area contributed by atoms with E-state index in [9.17, 15) is 9.59 Å². The lowest BCUT2D eigenvalue weighted by Gasteiger charge is -2.15. The van der Waals surface area contributed by atoms with E-state index in [0.717, 1.165) is 44.9 Å². The van der Waals surface area contributed by atoms with Crippen molar-refractivity contribution in [1.29, 1.82) is 0 Å². The molecule has 0 bridgehead atoms. The topological polar surface area (TPSA) is 52.6 Å². The summed E-state index contributed by atoms with van der Waals surface area (Å²) < 4.78 is 10.6. The van der Waals surface area contributed by atoms with Crippen molar-refractivity contribution in [3.05, 3.63) is 84.0 Å². The zero-order valence-corrected chi connectivity index (χ0v) is 18.6. The fourth-order valence-electron chi connectivity index (χ4n) is 3.40. The van der Waals surface area contributed by atoms with E-state index < -0.39 is 11.9 Å². The predicted octanol–water partition coefficient (Wildman–Crippen LogP) is 6.15. The van der Waals surface area contributed by atoms with Crippen LogP contribution in [0.4, 0.5) is 0 Å². The molecular formula is C27H32O4. The fraction of sp³-hybridized carbons (Fsp3) is 0.333. The maximum Gasteiger partial charge on any atom is 0.335 e. The number of benzene rings is 2. The number of rotatable bonds is 12. The lowest BCUT2D eigenvalue weighted by Crippen LogP contribution is -2.06. The number of hydrogen-bond donors (Lipinski definition) is 0. The second-order valence-electron chi connectivity index (χ2n) is 7.50. The highest BCUT2D eigenvalue weighted by Crippen LogP contribution is 2.27. The van der Waals surface area contributed by atoms with E-state index in [4.69, 9.17) is 9.47 Å². The Labute approximate surface area is 185 Å². The molecule has 0 aliphatic rings. The average Bonchev–Trinajstić information content (AvgIpc) is 2.78. The minimum absolute atomic E-state index is 0.458. The molecule has 0 aromatic heterocycles. The minimum atomic E-state index is -0.458. The summed E-state index contributed by atoms with van der Waals surface area (Å²) in [6.07, 6.45) is 9.23. The molecule has 0 radical (unpaired) electrons. The number of ether oxygens (including phenoxy) is 2. The van der Waals surface area contributed by atoms with Gasteiger partial charge in [-0.15, -0.1) is 0 Å². The second kappa shape index (κ2) is 12.5. The Morgan fingerprint density at radius 3 is 1.52 bits per heavy atom. The van der Waals surface area contributed by atoms with Crippen molar-refractivity contribution in [3.63, 3.8) is 0 Å². The van der Waals surface area contributed by atoms with Gasteiger partial charge in [0.15, 0.2) is 0 Å². The first-order valence-electron chi connectivity index (χ1n) is 10.9. The molecule has 0 saturated carbocycles. The lowest BCUT2D eigenvalue weighted by atomic mass is 9.92. The van der Waals surface area contributed by atoms with E-state index in [0.29, 0.717) is 11.5 Å². The van der Waals surface area contributed by atoms with Gasteiger partial charge in [0.05, 0.1) is 0 Å². The highest BCUT2D eigenvalue weighted by molar-refractivity contribution is 5.83. The molecule has 0 aliphatic carbocycles. The largest absolute Gasteiger partial charge is 0.423 e. The molecular weight excluding hydrogens is 388 g/mol. The van der Waals surface area contributed by atoms with Crippen LogP contribution in [0.3, 0.4) is 0 Å². The smallest absolute Gasteiger partial charge is 0.335 e. The molecule has 0 saturated heterocycles. The third kappa shape index (κ3) is 7.56. The van der Waals surface area contributed by atoms with Crippen molar-refractivity contribution < 1.29 is 19.1 Å². The second-order valence-corrected chi connectivity index (χ2v) is 7.50. The Morgan fingerprint density at radius 1 is 0.742 bits per heavy atom. The van der Waals surface area contributed by atoms with Crippen LogP contribution in [-0.4, -0.2) is 11.9 Å². The molecule has 0 amide bonds. The first kappa shape index (κ1) is 24.1. The maximum absolute atomic E-state index is 11.6. The number of carbonyl (C=O) groups is 2. The van der Waals surface area contributed by atoms with Gasteiger partial charge in [0.2, 0.25) is 0 Å². The summed E-state index contributed by atoms with van der Waals surface area (Å²) in [6, 6.07) is 11.6. The predicted molar refractivity (Wildman–Crippen MR) is 125 cm³/mol. The Kier molecular flexibility index (Phi) is 9.76. The Balaban J connectivity index is 2.35. The Bertz CT molecular complexity index is 851. The van der Waals surface area contributed by atoms with Crippen molar-refractivity contribution in [2.75, 3.05) is 0 Å². The van der Waals surface area contributed by atoms with E-state index in [1.807, 2.05) is 36.4 Å². The van der Waals surface area contributed by atoms with Crippen LogP contribution < -0.4 is 9.47 Å². The van der Waals surface area contributed by atoms with E-state index >= 15 is 0 Å². The van der Waals surface area contributed by atoms with Crippen LogP contribution in [0, 0.1) is 0 Å². The van der Waals surface area contributed by atoms with Crippen LogP contribution in [0.25, 0.3) is 0 Å². The average molecular weight is 421 g/mol. The molecule has 2 rings (SSSR count). The molecule has 0 fully saturated rings. The fourth-order valence-corrected chi connectivity index (χ4v) is 3.40. The SMILES string of the molecule is C=CC(=O)Oc1ccc(Cc2ccc(OC(=O)C=C)cc2CCCC)c(CCCC)c1. The van der Waals surface area contributed by atoms with Crippen molar-refractivity contribution in [2.45, 2.75) is 58.8 Å². The van der Waals surface area contributed by atoms with Crippen LogP contribution in [0.2, 0.25) is 0 Å². The van der Waals surface area contributed by atoms with Gasteiger partial charge in [0, 0.05) is 12.2 Å². The van der Waals surface area contributed by atoms with Gasteiger partial charge in [-0.25, -0.2) is 9.59 Å². The van der Waals surface area contributed by atoms with Gasteiger partial charge in [-0.2, -0.15) is 0 Å². The molecule has 0 atom stereocenters. The molecule has 4 nitrogen and oxygen atoms in total. The van der Waals surface area contributed by atoms with Gasteiger partial charge in [-0.05, 0) is 78.6 Å². The summed E-state index contributed by atoms with van der Waals surface area (Å²) in [5.74, 6) is 0.164. The van der Waals surface area contributed by atoms with Gasteiger partial charge in [0.1, 0.15) is 11.5 Å². The number of hydrogen-bond acceptors (Lipinski definition) is 4. The van der Waals surface area contributed by atoms with Crippen molar-refractivity contribution in [2.24, 2.45) is 0 Å². The van der Waals surface area contributed by atoms with E-state index in [-0.39, 0.29) is 0 Å². The van der Waals surface area contributed by atoms with Gasteiger partial charge in [-0.1, -0.05) is 52.0 Å². The summed E-state index contributed by atoms with van der Waals surface area (Å²) in [5, 5.41) is 0. The van der Waals surface area contributed by atoms with Crippen molar-refractivity contribution >= 4 is 11.9 Å². The first-order chi connectivity index (χ1) is 15.0. The minimum Gasteiger partial charge on any atom is -0.423 e. The molecule has 31 heavy (non-hydrogen) atoms. The molecule has 0 spiro atoms. The zero-order valence-electron chi connectivity index (χ0n) is 18.6. The number of unbranched alkanes of at least 4 members (excludes halogenated alkanes) is 2. The Morgan fingerprint density at radius 2 is 1.16 bits per heavy atom. The van der Waals surface area contributed by atoms with Crippen LogP contribution >= 0.6 is 0 Å². The third-order valence-corrected chi connectivity index (χ3v) is 5.11.